The van der Waals surface area contributed by atoms with Gasteiger partial charge in [0.2, 0.25) is 15.9 Å². The Labute approximate surface area is 193 Å². The number of hydrogen-bond acceptors (Lipinski definition) is 4. The van der Waals surface area contributed by atoms with Crippen LogP contribution in [0, 0.1) is 0 Å². The van der Waals surface area contributed by atoms with Crippen LogP contribution in [0.25, 0.3) is 0 Å². The maximum absolute atomic E-state index is 13.5. The number of nitrogens with two attached hydrogens (primary N) is 1. The van der Waals surface area contributed by atoms with Gasteiger partial charge in [-0.05, 0) is 47.5 Å². The number of carbonyl (C=O) groups is 1. The fraction of sp³-hybridized carbons (Fsp3) is 0.136. The number of primary amides is 1. The molecule has 1 amide bonds. The van der Waals surface area contributed by atoms with Crippen LogP contribution in [0.1, 0.15) is 17.2 Å². The number of nitrogens with zero attached hydrogens (tertiary/aromatic N) is 1. The van der Waals surface area contributed by atoms with Crippen molar-refractivity contribution >= 4 is 27.5 Å². The van der Waals surface area contributed by atoms with Crippen LogP contribution in [0.3, 0.4) is 0 Å². The van der Waals surface area contributed by atoms with E-state index in [4.69, 9.17) is 17.3 Å². The highest BCUT2D eigenvalue weighted by molar-refractivity contribution is 7.89. The molecule has 0 saturated carbocycles. The van der Waals surface area contributed by atoms with Crippen LogP contribution in [-0.4, -0.2) is 25.0 Å². The van der Waals surface area contributed by atoms with Gasteiger partial charge in [0.25, 0.3) is 0 Å². The standard InChI is InChI=1S/C22H18ClF3N2O4S/c23-17-9-11-19(12-10-17)33(30,31)28(20(21(27)29)16-6-2-1-3-7-16)14-15-5-4-8-18(13-15)32-22(24,25)26/h1-13,20H,14H2,(H2,27,29). The van der Waals surface area contributed by atoms with Crippen LogP contribution in [0.15, 0.2) is 83.8 Å². The molecule has 3 aromatic carbocycles. The van der Waals surface area contributed by atoms with E-state index in [0.29, 0.717) is 10.6 Å². The number of benzene rings is 3. The molecular formula is C22H18ClF3N2O4S. The molecule has 0 bridgehead atoms. The Morgan fingerprint density at radius 3 is 2.21 bits per heavy atom. The molecule has 3 rings (SSSR count). The highest BCUT2D eigenvalue weighted by Crippen LogP contribution is 2.31. The third-order valence-corrected chi connectivity index (χ3v) is 6.64. The van der Waals surface area contributed by atoms with Gasteiger partial charge in [-0.2, -0.15) is 4.31 Å². The molecule has 0 spiro atoms. The Bertz CT molecular complexity index is 1220. The van der Waals surface area contributed by atoms with E-state index in [0.717, 1.165) is 16.4 Å². The predicted octanol–water partition coefficient (Wildman–Crippen LogP) is 4.66. The Morgan fingerprint density at radius 2 is 1.64 bits per heavy atom. The van der Waals surface area contributed by atoms with Gasteiger partial charge in [0.05, 0.1) is 4.90 Å². The van der Waals surface area contributed by atoms with Gasteiger partial charge in [-0.15, -0.1) is 13.2 Å². The van der Waals surface area contributed by atoms with Gasteiger partial charge < -0.3 is 10.5 Å². The van der Waals surface area contributed by atoms with Crippen LogP contribution in [0.5, 0.6) is 5.75 Å². The molecule has 0 aliphatic heterocycles. The van der Waals surface area contributed by atoms with Crippen molar-refractivity contribution in [2.24, 2.45) is 5.73 Å². The number of alkyl halides is 3. The molecular weight excluding hydrogens is 481 g/mol. The highest BCUT2D eigenvalue weighted by Gasteiger charge is 2.36. The van der Waals surface area contributed by atoms with E-state index < -0.39 is 40.6 Å². The van der Waals surface area contributed by atoms with Crippen molar-refractivity contribution in [1.82, 2.24) is 4.31 Å². The summed E-state index contributed by atoms with van der Waals surface area (Å²) >= 11 is 5.86. The van der Waals surface area contributed by atoms with Crippen LogP contribution in [-0.2, 0) is 21.4 Å². The average Bonchev–Trinajstić information content (AvgIpc) is 2.73. The monoisotopic (exact) mass is 498 g/mol. The van der Waals surface area contributed by atoms with Crippen LogP contribution in [0.4, 0.5) is 13.2 Å². The van der Waals surface area contributed by atoms with E-state index in [1.165, 1.54) is 48.5 Å². The lowest BCUT2D eigenvalue weighted by atomic mass is 10.1. The summed E-state index contributed by atoms with van der Waals surface area (Å²) in [5, 5.41) is 0.298. The Balaban J connectivity index is 2.10. The highest BCUT2D eigenvalue weighted by atomic mass is 35.5. The minimum atomic E-state index is -4.92. The first-order chi connectivity index (χ1) is 15.5. The molecule has 0 radical (unpaired) electrons. The summed E-state index contributed by atoms with van der Waals surface area (Å²) in [7, 11) is -4.35. The molecule has 1 unspecified atom stereocenters. The summed E-state index contributed by atoms with van der Waals surface area (Å²) in [6.07, 6.45) is -4.92. The summed E-state index contributed by atoms with van der Waals surface area (Å²) in [6.45, 7) is -0.456. The minimum absolute atomic E-state index is 0.150. The number of carbonyl (C=O) groups excluding carboxylic acids is 1. The Morgan fingerprint density at radius 1 is 1.00 bits per heavy atom. The van der Waals surface area contributed by atoms with Crippen molar-refractivity contribution in [2.45, 2.75) is 23.8 Å². The quantitative estimate of drug-likeness (QED) is 0.489. The molecule has 6 nitrogen and oxygen atoms in total. The van der Waals surface area contributed by atoms with Crippen LogP contribution >= 0.6 is 11.6 Å². The fourth-order valence-electron chi connectivity index (χ4n) is 3.19. The number of amides is 1. The van der Waals surface area contributed by atoms with Gasteiger partial charge in [0.15, 0.2) is 0 Å². The van der Waals surface area contributed by atoms with Crippen molar-refractivity contribution in [1.29, 1.82) is 0 Å². The average molecular weight is 499 g/mol. The first-order valence-corrected chi connectivity index (χ1v) is 11.3. The van der Waals surface area contributed by atoms with Gasteiger partial charge in [-0.3, -0.25) is 4.79 Å². The molecule has 0 aliphatic rings. The van der Waals surface area contributed by atoms with Crippen molar-refractivity contribution in [3.05, 3.63) is 95.0 Å². The van der Waals surface area contributed by atoms with Gasteiger partial charge in [-0.25, -0.2) is 8.42 Å². The first kappa shape index (κ1) is 24.6. The molecule has 2 N–H and O–H groups in total. The zero-order valence-corrected chi connectivity index (χ0v) is 18.4. The van der Waals surface area contributed by atoms with Crippen LogP contribution < -0.4 is 10.5 Å². The largest absolute Gasteiger partial charge is 0.573 e. The summed E-state index contributed by atoms with van der Waals surface area (Å²) in [4.78, 5) is 12.3. The SMILES string of the molecule is NC(=O)C(c1ccccc1)N(Cc1cccc(OC(F)(F)F)c1)S(=O)(=O)c1ccc(Cl)cc1. The maximum Gasteiger partial charge on any atom is 0.573 e. The molecule has 0 saturated heterocycles. The van der Waals surface area contributed by atoms with E-state index in [2.05, 4.69) is 4.74 Å². The van der Waals surface area contributed by atoms with Gasteiger partial charge in [-0.1, -0.05) is 54.1 Å². The summed E-state index contributed by atoms with van der Waals surface area (Å²) in [5.74, 6) is -1.49. The molecule has 174 valence electrons. The fourth-order valence-corrected chi connectivity index (χ4v) is 4.88. The van der Waals surface area contributed by atoms with Crippen molar-refractivity contribution in [3.63, 3.8) is 0 Å². The molecule has 3 aromatic rings. The lowest BCUT2D eigenvalue weighted by Crippen LogP contribution is -2.41. The number of sulfonamides is 1. The van der Waals surface area contributed by atoms with E-state index in [-0.39, 0.29) is 10.5 Å². The second-order valence-electron chi connectivity index (χ2n) is 6.91. The van der Waals surface area contributed by atoms with Crippen LogP contribution in [0.2, 0.25) is 5.02 Å². The Kier molecular flexibility index (Phi) is 7.31. The van der Waals surface area contributed by atoms with E-state index in [1.807, 2.05) is 0 Å². The smallest absolute Gasteiger partial charge is 0.406 e. The summed E-state index contributed by atoms with van der Waals surface area (Å²) in [6, 6.07) is 16.6. The van der Waals surface area contributed by atoms with Crippen molar-refractivity contribution in [3.8, 4) is 5.75 Å². The number of halogens is 4. The zero-order chi connectivity index (χ0) is 24.2. The topological polar surface area (TPSA) is 89.7 Å². The lowest BCUT2D eigenvalue weighted by Gasteiger charge is -2.29. The van der Waals surface area contributed by atoms with E-state index >= 15 is 0 Å². The number of hydrogen-bond donors (Lipinski definition) is 1. The molecule has 0 aliphatic carbocycles. The van der Waals surface area contributed by atoms with Crippen molar-refractivity contribution in [2.75, 3.05) is 0 Å². The predicted molar refractivity (Wildman–Crippen MR) is 116 cm³/mol. The number of ether oxygens (including phenoxy) is 1. The van der Waals surface area contributed by atoms with Gasteiger partial charge in [0, 0.05) is 11.6 Å². The third kappa shape index (κ3) is 6.25. The summed E-state index contributed by atoms with van der Waals surface area (Å²) < 4.78 is 69.8. The third-order valence-electron chi connectivity index (χ3n) is 4.56. The second kappa shape index (κ2) is 9.82. The molecule has 0 heterocycles. The zero-order valence-electron chi connectivity index (χ0n) is 16.9. The number of rotatable bonds is 8. The van der Waals surface area contributed by atoms with Crippen molar-refractivity contribution < 1.29 is 31.1 Å². The molecule has 11 heteroatoms. The molecule has 33 heavy (non-hydrogen) atoms. The summed E-state index contributed by atoms with van der Waals surface area (Å²) in [5.41, 5.74) is 6.04. The first-order valence-electron chi connectivity index (χ1n) is 9.44. The lowest BCUT2D eigenvalue weighted by molar-refractivity contribution is -0.274. The van der Waals surface area contributed by atoms with Gasteiger partial charge >= 0.3 is 6.36 Å². The van der Waals surface area contributed by atoms with E-state index in [1.54, 1.807) is 18.2 Å². The van der Waals surface area contributed by atoms with E-state index in [9.17, 15) is 26.4 Å². The molecule has 0 fully saturated rings. The minimum Gasteiger partial charge on any atom is -0.406 e. The second-order valence-corrected chi connectivity index (χ2v) is 9.24. The Hall–Kier alpha value is -3.08. The molecule has 1 atom stereocenters. The molecule has 0 aromatic heterocycles. The van der Waals surface area contributed by atoms with Gasteiger partial charge in [0.1, 0.15) is 11.8 Å². The maximum atomic E-state index is 13.5. The normalized spacial score (nSPS) is 13.0.